The van der Waals surface area contributed by atoms with Crippen LogP contribution in [0.25, 0.3) is 155 Å². The molecule has 0 aliphatic carbocycles. The van der Waals surface area contributed by atoms with E-state index in [9.17, 15) is 0 Å². The van der Waals surface area contributed by atoms with E-state index < -0.39 is 0 Å². The molecule has 7 nitrogen and oxygen atoms in total. The maximum Gasteiger partial charge on any atom is 0.0969 e. The van der Waals surface area contributed by atoms with Gasteiger partial charge in [-0.15, -0.1) is 0 Å². The molecule has 0 amide bonds. The summed E-state index contributed by atoms with van der Waals surface area (Å²) in [5.41, 5.74) is 31.0. The standard InChI is InChI=1S/C54H37N3.C53H36N4/c1-4-14-38(15-5-1)39-24-28-44(29-25-39)55(42-16-6-2-7-17-42)45-30-32-46(33-31-45)57-51-22-12-10-20-47(51)49-34-26-41(37-54(49)57)40-27-35-53-50(36-40)48-21-11-13-23-52(48)56(53)43-18-8-3-9-19-43;1-4-16-40(17-5-1)55(41-18-6-2-7-19-41)43-31-28-37(29-32-43)38-15-12-22-44(35-38)57-48-25-11-10-23-46(48)47-33-30-39(36-51(47)57)45-24-13-26-49-52(45)53-50(27-14-34-54-53)56(49)42-20-8-3-9-21-42/h1-37H;1-36H. The summed E-state index contributed by atoms with van der Waals surface area (Å²) < 4.78 is 9.54. The number of benzene rings is 17. The summed E-state index contributed by atoms with van der Waals surface area (Å²) in [6, 6.07) is 157. The first kappa shape index (κ1) is 66.9. The van der Waals surface area contributed by atoms with Gasteiger partial charge in [-0.3, -0.25) is 4.98 Å². The third kappa shape index (κ3) is 11.8. The number of hydrogen-bond donors (Lipinski definition) is 0. The van der Waals surface area contributed by atoms with Gasteiger partial charge in [0.25, 0.3) is 0 Å². The van der Waals surface area contributed by atoms with E-state index in [1.54, 1.807) is 0 Å². The minimum absolute atomic E-state index is 1.00. The molecule has 0 aliphatic heterocycles. The van der Waals surface area contributed by atoms with Crippen LogP contribution >= 0.6 is 0 Å². The van der Waals surface area contributed by atoms with Crippen LogP contribution in [0.15, 0.2) is 443 Å². The van der Waals surface area contributed by atoms with E-state index in [1.807, 2.05) is 12.3 Å². The van der Waals surface area contributed by atoms with Crippen molar-refractivity contribution in [2.45, 2.75) is 0 Å². The first-order chi connectivity index (χ1) is 56.6. The Labute approximate surface area is 660 Å². The van der Waals surface area contributed by atoms with Gasteiger partial charge in [0.2, 0.25) is 0 Å². The predicted octanol–water partition coefficient (Wildman–Crippen LogP) is 28.8. The Bertz CT molecular complexity index is 7260. The zero-order chi connectivity index (χ0) is 75.4. The van der Waals surface area contributed by atoms with Crippen molar-refractivity contribution in [3.05, 3.63) is 443 Å². The molecular formula is C107H73N7. The summed E-state index contributed by atoms with van der Waals surface area (Å²) in [6.07, 6.45) is 1.90. The van der Waals surface area contributed by atoms with Crippen LogP contribution in [-0.2, 0) is 0 Å². The smallest absolute Gasteiger partial charge is 0.0969 e. The van der Waals surface area contributed by atoms with E-state index in [0.29, 0.717) is 0 Å². The highest BCUT2D eigenvalue weighted by Gasteiger charge is 2.23. The van der Waals surface area contributed by atoms with Gasteiger partial charge >= 0.3 is 0 Å². The lowest BCUT2D eigenvalue weighted by Crippen LogP contribution is -2.10. The number of pyridine rings is 1. The molecule has 0 unspecified atom stereocenters. The van der Waals surface area contributed by atoms with Crippen molar-refractivity contribution >= 4 is 121 Å². The third-order valence-corrected chi connectivity index (χ3v) is 22.4. The van der Waals surface area contributed by atoms with Gasteiger partial charge in [-0.05, 0) is 226 Å². The second-order valence-corrected chi connectivity index (χ2v) is 29.0. The summed E-state index contributed by atoms with van der Waals surface area (Å²) in [7, 11) is 0. The number of rotatable bonds is 14. The summed E-state index contributed by atoms with van der Waals surface area (Å²) in [5.74, 6) is 0. The minimum Gasteiger partial charge on any atom is -0.311 e. The SMILES string of the molecule is c1ccc(-c2ccc(N(c3ccccc3)c3ccc(-n4c5ccccc5c5ccc(-c6ccc7c(c6)c6ccccc6n7-c6ccccc6)cc54)cc3)cc2)cc1.c1ccc(N(c2ccccc2)c2ccc(-c3cccc(-n4c5ccccc5c5ccc(-c6cccc7c6c6ncccc6n7-c6ccccc6)cc54)c3)cc2)cc1. The Morgan fingerprint density at radius 1 is 0.175 bits per heavy atom. The zero-order valence-corrected chi connectivity index (χ0v) is 62.3. The molecule has 0 saturated heterocycles. The molecule has 0 aliphatic rings. The fourth-order valence-electron chi connectivity index (χ4n) is 17.3. The molecular weight excluding hydrogens is 1380 g/mol. The average molecular weight is 1460 g/mol. The van der Waals surface area contributed by atoms with E-state index >= 15 is 0 Å². The Morgan fingerprint density at radius 3 is 1.05 bits per heavy atom. The van der Waals surface area contributed by atoms with Crippen LogP contribution in [-0.4, -0.2) is 23.3 Å². The normalized spacial score (nSPS) is 11.5. The number of aromatic nitrogens is 5. The summed E-state index contributed by atoms with van der Waals surface area (Å²) in [6.45, 7) is 0. The Balaban J connectivity index is 0.000000143. The second kappa shape index (κ2) is 28.6. The first-order valence-electron chi connectivity index (χ1n) is 38.9. The molecule has 22 aromatic rings. The Morgan fingerprint density at radius 2 is 0.500 bits per heavy atom. The number of nitrogens with zero attached hydrogens (tertiary/aromatic N) is 7. The lowest BCUT2D eigenvalue weighted by atomic mass is 9.99. The first-order valence-corrected chi connectivity index (χ1v) is 38.9. The number of anilines is 6. The van der Waals surface area contributed by atoms with E-state index in [1.165, 1.54) is 98.9 Å². The van der Waals surface area contributed by atoms with Crippen LogP contribution in [0.1, 0.15) is 0 Å². The van der Waals surface area contributed by atoms with Crippen molar-refractivity contribution in [2.24, 2.45) is 0 Å². The summed E-state index contributed by atoms with van der Waals surface area (Å²) in [4.78, 5) is 9.58. The van der Waals surface area contributed by atoms with Gasteiger partial charge in [0.05, 0.1) is 49.7 Å². The van der Waals surface area contributed by atoms with Crippen LogP contribution in [0.4, 0.5) is 34.1 Å². The molecule has 22 rings (SSSR count). The highest BCUT2D eigenvalue weighted by molar-refractivity contribution is 6.17. The fraction of sp³-hybridized carbons (Fsp3) is 0. The molecule has 7 heteroatoms. The molecule has 5 heterocycles. The van der Waals surface area contributed by atoms with Crippen LogP contribution < -0.4 is 9.80 Å². The molecule has 0 fully saturated rings. The largest absolute Gasteiger partial charge is 0.311 e. The van der Waals surface area contributed by atoms with E-state index in [2.05, 4.69) is 459 Å². The average Bonchev–Trinajstić information content (AvgIpc) is 1.58. The van der Waals surface area contributed by atoms with Crippen molar-refractivity contribution in [1.82, 2.24) is 23.3 Å². The summed E-state index contributed by atoms with van der Waals surface area (Å²) >= 11 is 0. The molecule has 0 N–H and O–H groups in total. The molecule has 114 heavy (non-hydrogen) atoms. The van der Waals surface area contributed by atoms with E-state index in [-0.39, 0.29) is 0 Å². The lowest BCUT2D eigenvalue weighted by Gasteiger charge is -2.26. The monoisotopic (exact) mass is 1460 g/mol. The lowest BCUT2D eigenvalue weighted by molar-refractivity contribution is 1.17. The summed E-state index contributed by atoms with van der Waals surface area (Å²) in [5, 5.41) is 8.60. The topological polar surface area (TPSA) is 39.1 Å². The fourth-order valence-corrected chi connectivity index (χ4v) is 17.3. The van der Waals surface area contributed by atoms with Gasteiger partial charge in [0.15, 0.2) is 0 Å². The second-order valence-electron chi connectivity index (χ2n) is 29.0. The van der Waals surface area contributed by atoms with Gasteiger partial charge in [0, 0.05) is 101 Å². The molecule has 536 valence electrons. The van der Waals surface area contributed by atoms with Crippen molar-refractivity contribution in [1.29, 1.82) is 0 Å². The highest BCUT2D eigenvalue weighted by Crippen LogP contribution is 2.45. The highest BCUT2D eigenvalue weighted by atomic mass is 15.1. The van der Waals surface area contributed by atoms with Crippen molar-refractivity contribution in [3.8, 4) is 67.3 Å². The minimum atomic E-state index is 1.00. The molecule has 5 aromatic heterocycles. The predicted molar refractivity (Wildman–Crippen MR) is 479 cm³/mol. The maximum absolute atomic E-state index is 4.96. The molecule has 0 saturated carbocycles. The van der Waals surface area contributed by atoms with Crippen LogP contribution in [0.3, 0.4) is 0 Å². The van der Waals surface area contributed by atoms with Crippen LogP contribution in [0, 0.1) is 0 Å². The van der Waals surface area contributed by atoms with E-state index in [4.69, 9.17) is 4.98 Å². The number of para-hydroxylation sites is 8. The van der Waals surface area contributed by atoms with Gasteiger partial charge < -0.3 is 28.1 Å². The number of hydrogen-bond acceptors (Lipinski definition) is 3. The van der Waals surface area contributed by atoms with Gasteiger partial charge in [0.1, 0.15) is 0 Å². The van der Waals surface area contributed by atoms with Crippen LogP contribution in [0.2, 0.25) is 0 Å². The van der Waals surface area contributed by atoms with Crippen molar-refractivity contribution < 1.29 is 0 Å². The quantitative estimate of drug-likeness (QED) is 0.109. The van der Waals surface area contributed by atoms with Gasteiger partial charge in [-0.2, -0.15) is 0 Å². The third-order valence-electron chi connectivity index (χ3n) is 22.4. The number of fused-ring (bicyclic) bond motifs is 12. The molecule has 0 bridgehead atoms. The molecule has 0 atom stereocenters. The van der Waals surface area contributed by atoms with Gasteiger partial charge in [-0.1, -0.05) is 255 Å². The Kier molecular flexibility index (Phi) is 16.8. The van der Waals surface area contributed by atoms with E-state index in [0.717, 1.165) is 89.8 Å². The van der Waals surface area contributed by atoms with Crippen molar-refractivity contribution in [3.63, 3.8) is 0 Å². The molecule has 0 spiro atoms. The van der Waals surface area contributed by atoms with Crippen molar-refractivity contribution in [2.75, 3.05) is 9.80 Å². The maximum atomic E-state index is 4.96. The zero-order valence-electron chi connectivity index (χ0n) is 62.3. The van der Waals surface area contributed by atoms with Crippen LogP contribution in [0.5, 0.6) is 0 Å². The molecule has 17 aromatic carbocycles. The van der Waals surface area contributed by atoms with Gasteiger partial charge in [-0.25, -0.2) is 0 Å². The Hall–Kier alpha value is -15.3. The molecule has 0 radical (unpaired) electrons.